The zero-order valence-corrected chi connectivity index (χ0v) is 14.4. The highest BCUT2D eigenvalue weighted by Crippen LogP contribution is 2.36. The van der Waals surface area contributed by atoms with Crippen molar-refractivity contribution in [1.29, 1.82) is 0 Å². The molecule has 0 heterocycles. The summed E-state index contributed by atoms with van der Waals surface area (Å²) in [6.45, 7) is 3.42. The van der Waals surface area contributed by atoms with Gasteiger partial charge in [-0.1, -0.05) is 36.7 Å². The first-order valence-corrected chi connectivity index (χ1v) is 8.02. The fraction of sp³-hybridized carbons (Fsp3) is 0.278. The molecule has 0 aromatic heterocycles. The largest absolute Gasteiger partial charge is 0.481 e. The van der Waals surface area contributed by atoms with E-state index in [-0.39, 0.29) is 10.7 Å². The minimum absolute atomic E-state index is 0.0634. The zero-order valence-electron chi connectivity index (χ0n) is 13.7. The maximum absolute atomic E-state index is 13.1. The van der Waals surface area contributed by atoms with Gasteiger partial charge in [-0.05, 0) is 43.2 Å². The summed E-state index contributed by atoms with van der Waals surface area (Å²) >= 11 is 5.63. The van der Waals surface area contributed by atoms with Gasteiger partial charge in [-0.3, -0.25) is 4.79 Å². The number of hydrogen-bond acceptors (Lipinski definition) is 2. The molecule has 0 aliphatic carbocycles. The summed E-state index contributed by atoms with van der Waals surface area (Å²) in [5.41, 5.74) is -0.458. The number of carbonyl (C=O) groups is 1. The van der Waals surface area contributed by atoms with Gasteiger partial charge < -0.3 is 10.1 Å². The second-order valence-corrected chi connectivity index (χ2v) is 5.83. The molecule has 0 aliphatic rings. The Morgan fingerprint density at radius 2 is 1.92 bits per heavy atom. The summed E-state index contributed by atoms with van der Waals surface area (Å²) in [6, 6.07) is 10.4. The van der Waals surface area contributed by atoms with E-state index in [0.717, 1.165) is 17.7 Å². The lowest BCUT2D eigenvalue weighted by Crippen LogP contribution is -2.31. The maximum Gasteiger partial charge on any atom is 0.418 e. The van der Waals surface area contributed by atoms with Gasteiger partial charge in [-0.25, -0.2) is 0 Å². The maximum atomic E-state index is 13.1. The number of para-hydroxylation sites is 1. The number of nitrogens with one attached hydrogen (secondary N) is 1. The lowest BCUT2D eigenvalue weighted by atomic mass is 10.1. The normalized spacial score (nSPS) is 12.6. The number of ether oxygens (including phenoxy) is 1. The molecule has 1 unspecified atom stereocenters. The van der Waals surface area contributed by atoms with Crippen molar-refractivity contribution in [2.45, 2.75) is 32.5 Å². The van der Waals surface area contributed by atoms with E-state index in [0.29, 0.717) is 12.2 Å². The van der Waals surface area contributed by atoms with Crippen molar-refractivity contribution in [1.82, 2.24) is 0 Å². The van der Waals surface area contributed by atoms with Crippen molar-refractivity contribution in [2.75, 3.05) is 5.32 Å². The lowest BCUT2D eigenvalue weighted by Gasteiger charge is -2.19. The van der Waals surface area contributed by atoms with Crippen molar-refractivity contribution in [3.63, 3.8) is 0 Å². The van der Waals surface area contributed by atoms with E-state index in [9.17, 15) is 18.0 Å². The number of amides is 1. The number of halogens is 4. The molecule has 2 rings (SSSR count). The van der Waals surface area contributed by atoms with Crippen molar-refractivity contribution in [2.24, 2.45) is 0 Å². The van der Waals surface area contributed by atoms with Crippen LogP contribution in [-0.2, 0) is 17.4 Å². The Morgan fingerprint density at radius 3 is 2.56 bits per heavy atom. The van der Waals surface area contributed by atoms with Gasteiger partial charge in [0.15, 0.2) is 6.10 Å². The van der Waals surface area contributed by atoms with Crippen molar-refractivity contribution in [3.05, 3.63) is 58.6 Å². The first-order chi connectivity index (χ1) is 11.7. The van der Waals surface area contributed by atoms with E-state index < -0.39 is 23.8 Å². The van der Waals surface area contributed by atoms with Gasteiger partial charge in [0.05, 0.1) is 11.3 Å². The van der Waals surface area contributed by atoms with Gasteiger partial charge in [0, 0.05) is 5.02 Å². The third-order valence-corrected chi connectivity index (χ3v) is 3.81. The topological polar surface area (TPSA) is 38.3 Å². The van der Waals surface area contributed by atoms with Crippen LogP contribution in [-0.4, -0.2) is 12.0 Å². The fourth-order valence-electron chi connectivity index (χ4n) is 2.25. The van der Waals surface area contributed by atoms with Crippen LogP contribution in [0.2, 0.25) is 5.02 Å². The standard InChI is InChI=1S/C18H17ClF3NO2/c1-3-12-6-4-5-7-16(12)25-11(2)17(24)23-15-9-8-13(19)10-14(15)18(20,21)22/h4-11H,3H2,1-2H3,(H,23,24). The van der Waals surface area contributed by atoms with Gasteiger partial charge in [0.2, 0.25) is 0 Å². The van der Waals surface area contributed by atoms with Crippen LogP contribution in [0.4, 0.5) is 18.9 Å². The number of hydrogen-bond donors (Lipinski definition) is 1. The Bertz CT molecular complexity index is 762. The molecule has 0 bridgehead atoms. The number of benzene rings is 2. The second kappa shape index (κ2) is 7.78. The Morgan fingerprint density at radius 1 is 1.24 bits per heavy atom. The first kappa shape index (κ1) is 19.1. The van der Waals surface area contributed by atoms with Crippen molar-refractivity contribution < 1.29 is 22.7 Å². The Balaban J connectivity index is 2.17. The first-order valence-electron chi connectivity index (χ1n) is 7.64. The Kier molecular flexibility index (Phi) is 5.95. The highest BCUT2D eigenvalue weighted by molar-refractivity contribution is 6.30. The lowest BCUT2D eigenvalue weighted by molar-refractivity contribution is -0.137. The molecule has 134 valence electrons. The summed E-state index contributed by atoms with van der Waals surface area (Å²) in [5.74, 6) is -0.154. The van der Waals surface area contributed by atoms with Gasteiger partial charge in [0.25, 0.3) is 5.91 Å². The molecule has 7 heteroatoms. The summed E-state index contributed by atoms with van der Waals surface area (Å²) in [7, 11) is 0. The molecule has 25 heavy (non-hydrogen) atoms. The summed E-state index contributed by atoms with van der Waals surface area (Å²) < 4.78 is 44.9. The number of alkyl halides is 3. The average Bonchev–Trinajstić information content (AvgIpc) is 2.56. The SMILES string of the molecule is CCc1ccccc1OC(C)C(=O)Nc1ccc(Cl)cc1C(F)(F)F. The van der Waals surface area contributed by atoms with E-state index in [1.165, 1.54) is 13.0 Å². The summed E-state index contributed by atoms with van der Waals surface area (Å²) in [6.07, 6.45) is -4.89. The molecule has 3 nitrogen and oxygen atoms in total. The van der Waals surface area contributed by atoms with E-state index in [2.05, 4.69) is 5.32 Å². The third kappa shape index (κ3) is 4.89. The molecular weight excluding hydrogens is 355 g/mol. The number of aryl methyl sites for hydroxylation is 1. The van der Waals surface area contributed by atoms with E-state index in [1.807, 2.05) is 19.1 Å². The highest BCUT2D eigenvalue weighted by atomic mass is 35.5. The molecule has 0 saturated carbocycles. The van der Waals surface area contributed by atoms with Gasteiger partial charge in [0.1, 0.15) is 5.75 Å². The van der Waals surface area contributed by atoms with Crippen LogP contribution in [0, 0.1) is 0 Å². The molecule has 2 aromatic rings. The average molecular weight is 372 g/mol. The Hall–Kier alpha value is -2.21. The molecule has 2 aromatic carbocycles. The van der Waals surface area contributed by atoms with Crippen LogP contribution >= 0.6 is 11.6 Å². The van der Waals surface area contributed by atoms with Crippen LogP contribution in [0.25, 0.3) is 0 Å². The summed E-state index contributed by atoms with van der Waals surface area (Å²) in [5, 5.41) is 2.20. The fourth-order valence-corrected chi connectivity index (χ4v) is 2.42. The molecule has 0 radical (unpaired) electrons. The third-order valence-electron chi connectivity index (χ3n) is 3.57. The molecule has 1 atom stereocenters. The minimum atomic E-state index is -4.63. The van der Waals surface area contributed by atoms with Gasteiger partial charge in [-0.2, -0.15) is 13.2 Å². The molecule has 1 N–H and O–H groups in total. The Labute approximate surface area is 148 Å². The predicted molar refractivity (Wildman–Crippen MR) is 91.0 cm³/mol. The highest BCUT2D eigenvalue weighted by Gasteiger charge is 2.34. The molecule has 0 saturated heterocycles. The van der Waals surface area contributed by atoms with Crippen LogP contribution in [0.1, 0.15) is 25.0 Å². The smallest absolute Gasteiger partial charge is 0.418 e. The van der Waals surface area contributed by atoms with E-state index in [4.69, 9.17) is 16.3 Å². The van der Waals surface area contributed by atoms with Crippen LogP contribution in [0.5, 0.6) is 5.75 Å². The van der Waals surface area contributed by atoms with Gasteiger partial charge in [-0.15, -0.1) is 0 Å². The van der Waals surface area contributed by atoms with Crippen LogP contribution < -0.4 is 10.1 Å². The quantitative estimate of drug-likeness (QED) is 0.771. The molecule has 0 fully saturated rings. The van der Waals surface area contributed by atoms with Crippen molar-refractivity contribution >= 4 is 23.2 Å². The summed E-state index contributed by atoms with van der Waals surface area (Å²) in [4.78, 5) is 12.2. The van der Waals surface area contributed by atoms with Crippen molar-refractivity contribution in [3.8, 4) is 5.75 Å². The molecule has 0 aliphatic heterocycles. The van der Waals surface area contributed by atoms with Gasteiger partial charge >= 0.3 is 6.18 Å². The number of anilines is 1. The molecular formula is C18H17ClF3NO2. The zero-order chi connectivity index (χ0) is 18.6. The minimum Gasteiger partial charge on any atom is -0.481 e. The number of rotatable bonds is 5. The number of carbonyl (C=O) groups excluding carboxylic acids is 1. The molecule has 0 spiro atoms. The monoisotopic (exact) mass is 371 g/mol. The van der Waals surface area contributed by atoms with Crippen LogP contribution in [0.3, 0.4) is 0 Å². The molecule has 1 amide bonds. The van der Waals surface area contributed by atoms with E-state index >= 15 is 0 Å². The predicted octanol–water partition coefficient (Wildman–Crippen LogP) is 5.33. The van der Waals surface area contributed by atoms with E-state index in [1.54, 1.807) is 12.1 Å². The van der Waals surface area contributed by atoms with Crippen LogP contribution in [0.15, 0.2) is 42.5 Å². The second-order valence-electron chi connectivity index (χ2n) is 5.40.